The molecule has 0 aromatic heterocycles. The van der Waals surface area contributed by atoms with Crippen molar-refractivity contribution in [1.82, 2.24) is 0 Å². The van der Waals surface area contributed by atoms with E-state index in [0.29, 0.717) is 0 Å². The molecule has 0 fully saturated rings. The van der Waals surface area contributed by atoms with Crippen LogP contribution in [0.1, 0.15) is 13.3 Å². The van der Waals surface area contributed by atoms with Crippen molar-refractivity contribution in [3.63, 3.8) is 0 Å². The quantitative estimate of drug-likeness (QED) is 0.449. The zero-order chi connectivity index (χ0) is 9.56. The molecule has 0 aliphatic carbocycles. The van der Waals surface area contributed by atoms with Crippen LogP contribution in [0, 0.1) is 0 Å². The van der Waals surface area contributed by atoms with Crippen molar-refractivity contribution in [1.29, 1.82) is 0 Å². The average molecular weight is 174 g/mol. The molecule has 0 aromatic carbocycles. The van der Waals surface area contributed by atoms with E-state index in [1.165, 1.54) is 0 Å². The number of rotatable bonds is 5. The molecular weight excluding hydrogens is 160 g/mol. The maximum Gasteiger partial charge on any atom is 0.308 e. The second-order valence-corrected chi connectivity index (χ2v) is 2.34. The second-order valence-electron chi connectivity index (χ2n) is 2.34. The lowest BCUT2D eigenvalue weighted by molar-refractivity contribution is -0.144. The molecule has 4 nitrogen and oxygen atoms in total. The zero-order valence-electron chi connectivity index (χ0n) is 7.12. The van der Waals surface area contributed by atoms with Gasteiger partial charge in [0, 0.05) is 0 Å². The largest absolute Gasteiger partial charge is 0.466 e. The average Bonchev–Trinajstić information content (AvgIpc) is 2.03. The van der Waals surface area contributed by atoms with Crippen molar-refractivity contribution in [2.45, 2.75) is 19.4 Å². The number of esters is 1. The Hall–Kier alpha value is -0.870. The van der Waals surface area contributed by atoms with Crippen molar-refractivity contribution in [2.75, 3.05) is 13.2 Å². The van der Waals surface area contributed by atoms with Crippen LogP contribution in [-0.2, 0) is 9.53 Å². The van der Waals surface area contributed by atoms with Crippen molar-refractivity contribution in [3.8, 4) is 0 Å². The van der Waals surface area contributed by atoms with Crippen molar-refractivity contribution in [2.24, 2.45) is 0 Å². The summed E-state index contributed by atoms with van der Waals surface area (Å²) < 4.78 is 4.59. The van der Waals surface area contributed by atoms with Gasteiger partial charge in [0.1, 0.15) is 0 Å². The van der Waals surface area contributed by atoms with Gasteiger partial charge in [-0.2, -0.15) is 0 Å². The first-order chi connectivity index (χ1) is 5.61. The van der Waals surface area contributed by atoms with Crippen molar-refractivity contribution < 1.29 is 19.7 Å². The first-order valence-electron chi connectivity index (χ1n) is 3.74. The fraction of sp³-hybridized carbons (Fsp3) is 0.625. The minimum atomic E-state index is -1.01. The van der Waals surface area contributed by atoms with E-state index in [2.05, 4.69) is 11.3 Å². The third kappa shape index (κ3) is 4.10. The van der Waals surface area contributed by atoms with E-state index in [4.69, 9.17) is 10.2 Å². The fourth-order valence-corrected chi connectivity index (χ4v) is 0.627. The van der Waals surface area contributed by atoms with Gasteiger partial charge in [-0.3, -0.25) is 4.79 Å². The predicted octanol–water partition coefficient (Wildman–Crippen LogP) is -0.151. The lowest BCUT2D eigenvalue weighted by Crippen LogP contribution is -2.19. The molecule has 0 unspecified atom stereocenters. The fourth-order valence-electron chi connectivity index (χ4n) is 0.627. The van der Waals surface area contributed by atoms with E-state index in [9.17, 15) is 4.79 Å². The van der Waals surface area contributed by atoms with Crippen LogP contribution in [0.3, 0.4) is 0 Å². The summed E-state index contributed by atoms with van der Waals surface area (Å²) in [4.78, 5) is 10.8. The third-order valence-electron chi connectivity index (χ3n) is 1.34. The Kier molecular flexibility index (Phi) is 5.32. The normalized spacial score (nSPS) is 12.2. The molecule has 1 atom stereocenters. The summed E-state index contributed by atoms with van der Waals surface area (Å²) >= 11 is 0. The molecular formula is C8H14O4. The Morgan fingerprint density at radius 3 is 2.67 bits per heavy atom. The zero-order valence-corrected chi connectivity index (χ0v) is 7.12. The topological polar surface area (TPSA) is 66.8 Å². The Morgan fingerprint density at radius 1 is 1.67 bits per heavy atom. The summed E-state index contributed by atoms with van der Waals surface area (Å²) in [7, 11) is 0. The highest BCUT2D eigenvalue weighted by Crippen LogP contribution is 2.03. The molecule has 0 saturated heterocycles. The molecule has 70 valence electrons. The number of ether oxygens (including phenoxy) is 1. The van der Waals surface area contributed by atoms with E-state index in [1.54, 1.807) is 6.92 Å². The first kappa shape index (κ1) is 11.1. The minimum absolute atomic E-state index is 0.146. The lowest BCUT2D eigenvalue weighted by atomic mass is 10.1. The van der Waals surface area contributed by atoms with E-state index < -0.39 is 12.1 Å². The van der Waals surface area contributed by atoms with Gasteiger partial charge in [-0.05, 0) is 12.5 Å². The second kappa shape index (κ2) is 5.74. The van der Waals surface area contributed by atoms with Crippen LogP contribution >= 0.6 is 0 Å². The third-order valence-corrected chi connectivity index (χ3v) is 1.34. The van der Waals surface area contributed by atoms with Gasteiger partial charge in [-0.1, -0.05) is 6.58 Å². The summed E-state index contributed by atoms with van der Waals surface area (Å²) in [5.41, 5.74) is 0.225. The van der Waals surface area contributed by atoms with Gasteiger partial charge in [0.05, 0.1) is 25.7 Å². The minimum Gasteiger partial charge on any atom is -0.466 e. The van der Waals surface area contributed by atoms with Crippen LogP contribution in [0.2, 0.25) is 0 Å². The molecule has 0 saturated carbocycles. The van der Waals surface area contributed by atoms with Crippen molar-refractivity contribution in [3.05, 3.63) is 12.2 Å². The van der Waals surface area contributed by atoms with Crippen LogP contribution in [0.4, 0.5) is 0 Å². The maximum atomic E-state index is 10.8. The molecule has 0 aliphatic rings. The van der Waals surface area contributed by atoms with Crippen LogP contribution in [0.25, 0.3) is 0 Å². The van der Waals surface area contributed by atoms with Gasteiger partial charge in [0.15, 0.2) is 0 Å². The van der Waals surface area contributed by atoms with Crippen LogP contribution in [-0.4, -0.2) is 35.5 Å². The molecule has 0 aliphatic heterocycles. The highest BCUT2D eigenvalue weighted by Gasteiger charge is 2.13. The monoisotopic (exact) mass is 174 g/mol. The molecule has 2 N–H and O–H groups in total. The Labute approximate surface area is 71.5 Å². The molecule has 0 spiro atoms. The molecule has 0 aromatic rings. The van der Waals surface area contributed by atoms with Gasteiger partial charge in [-0.15, -0.1) is 0 Å². The molecule has 0 rings (SSSR count). The number of hydrogen-bond acceptors (Lipinski definition) is 4. The summed E-state index contributed by atoms with van der Waals surface area (Å²) in [5.74, 6) is -0.486. The van der Waals surface area contributed by atoms with Gasteiger partial charge < -0.3 is 14.9 Å². The molecule has 0 amide bonds. The molecule has 12 heavy (non-hydrogen) atoms. The number of hydrogen-bond donors (Lipinski definition) is 2. The summed E-state index contributed by atoms with van der Waals surface area (Å²) in [5, 5.41) is 17.7. The Morgan fingerprint density at radius 2 is 2.25 bits per heavy atom. The van der Waals surface area contributed by atoms with Crippen LogP contribution < -0.4 is 0 Å². The number of aliphatic hydroxyl groups excluding tert-OH is 2. The highest BCUT2D eigenvalue weighted by molar-refractivity contribution is 5.70. The number of carbonyl (C=O) groups is 1. The highest BCUT2D eigenvalue weighted by atomic mass is 16.5. The van der Waals surface area contributed by atoms with Crippen LogP contribution in [0.15, 0.2) is 12.2 Å². The number of carbonyl (C=O) groups excluding carboxylic acids is 1. The smallest absolute Gasteiger partial charge is 0.308 e. The van der Waals surface area contributed by atoms with Gasteiger partial charge in [0.2, 0.25) is 0 Å². The summed E-state index contributed by atoms with van der Waals surface area (Å²) in [6.07, 6.45) is -1.15. The molecule has 4 heteroatoms. The number of aliphatic hydroxyl groups is 2. The van der Waals surface area contributed by atoms with Gasteiger partial charge in [0.25, 0.3) is 0 Å². The summed E-state index contributed by atoms with van der Waals surface area (Å²) in [6.45, 7) is 5.03. The van der Waals surface area contributed by atoms with Crippen LogP contribution in [0.5, 0.6) is 0 Å². The maximum absolute atomic E-state index is 10.8. The molecule has 0 heterocycles. The lowest BCUT2D eigenvalue weighted by Gasteiger charge is -2.10. The van der Waals surface area contributed by atoms with E-state index in [0.717, 1.165) is 0 Å². The van der Waals surface area contributed by atoms with E-state index in [1.807, 2.05) is 0 Å². The Balaban J connectivity index is 3.75. The molecule has 0 bridgehead atoms. The summed E-state index contributed by atoms with van der Waals surface area (Å²) in [6, 6.07) is 0. The predicted molar refractivity (Wildman–Crippen MR) is 43.5 cm³/mol. The van der Waals surface area contributed by atoms with E-state index in [-0.39, 0.29) is 25.2 Å². The van der Waals surface area contributed by atoms with Gasteiger partial charge >= 0.3 is 5.97 Å². The first-order valence-corrected chi connectivity index (χ1v) is 3.74. The molecule has 0 radical (unpaired) electrons. The Bertz CT molecular complexity index is 164. The van der Waals surface area contributed by atoms with Gasteiger partial charge in [-0.25, -0.2) is 0 Å². The standard InChI is InChI=1S/C8H14O4/c1-3-12-8(11)4-7(10)6(2)5-9/h7,9-10H,2-5H2,1H3/t7-/m1/s1. The van der Waals surface area contributed by atoms with E-state index >= 15 is 0 Å². The van der Waals surface area contributed by atoms with Crippen molar-refractivity contribution >= 4 is 5.97 Å². The SMILES string of the molecule is C=C(CO)[C@H](O)CC(=O)OCC.